The maximum absolute atomic E-state index is 13.6. The number of hydrogen-bond acceptors (Lipinski definition) is 4. The first-order valence-corrected chi connectivity index (χ1v) is 11.8. The van der Waals surface area contributed by atoms with E-state index in [4.69, 9.17) is 5.11 Å². The van der Waals surface area contributed by atoms with E-state index in [9.17, 15) is 19.8 Å². The Hall–Kier alpha value is -2.76. The van der Waals surface area contributed by atoms with Gasteiger partial charge in [0.05, 0.1) is 11.2 Å². The van der Waals surface area contributed by atoms with Crippen LogP contribution in [0.25, 0.3) is 0 Å². The average molecular weight is 451 g/mol. The number of aliphatic hydroxyl groups is 2. The molecule has 33 heavy (non-hydrogen) atoms. The fraction of sp³-hybridized carbons (Fsp3) is 0.429. The quantitative estimate of drug-likeness (QED) is 0.414. The lowest BCUT2D eigenvalue weighted by Crippen LogP contribution is -2.32. The van der Waals surface area contributed by atoms with Crippen molar-refractivity contribution in [1.29, 1.82) is 0 Å². The molecular formula is C28H34O5. The Labute approximate surface area is 195 Å². The van der Waals surface area contributed by atoms with Crippen LogP contribution in [-0.4, -0.2) is 27.1 Å². The third-order valence-electron chi connectivity index (χ3n) is 6.88. The monoisotopic (exact) mass is 450 g/mol. The second-order valence-corrected chi connectivity index (χ2v) is 9.15. The van der Waals surface area contributed by atoms with E-state index in [1.165, 1.54) is 0 Å². The molecule has 176 valence electrons. The first kappa shape index (κ1) is 24.9. The largest absolute Gasteiger partial charge is 0.478 e. The minimum absolute atomic E-state index is 0.0933. The van der Waals surface area contributed by atoms with Crippen LogP contribution in [0.15, 0.2) is 61.2 Å². The summed E-state index contributed by atoms with van der Waals surface area (Å²) in [4.78, 5) is 22.9. The second-order valence-electron chi connectivity index (χ2n) is 9.15. The fourth-order valence-corrected chi connectivity index (χ4v) is 5.13. The van der Waals surface area contributed by atoms with Gasteiger partial charge in [0.2, 0.25) is 0 Å². The molecule has 0 unspecified atom stereocenters. The summed E-state index contributed by atoms with van der Waals surface area (Å²) in [5.41, 5.74) is 0.760. The molecule has 0 spiro atoms. The van der Waals surface area contributed by atoms with Crippen LogP contribution in [0.4, 0.5) is 0 Å². The number of rotatable bonds is 5. The zero-order valence-corrected chi connectivity index (χ0v) is 19.1. The van der Waals surface area contributed by atoms with Gasteiger partial charge in [-0.15, -0.1) is 0 Å². The van der Waals surface area contributed by atoms with Crippen LogP contribution in [0.3, 0.4) is 0 Å². The van der Waals surface area contributed by atoms with E-state index in [-0.39, 0.29) is 5.78 Å². The van der Waals surface area contributed by atoms with Gasteiger partial charge in [0.1, 0.15) is 0 Å². The van der Waals surface area contributed by atoms with Gasteiger partial charge >= 0.3 is 5.97 Å². The van der Waals surface area contributed by atoms with Crippen molar-refractivity contribution < 1.29 is 24.9 Å². The van der Waals surface area contributed by atoms with Gasteiger partial charge in [-0.1, -0.05) is 93.6 Å². The summed E-state index contributed by atoms with van der Waals surface area (Å²) in [6.07, 6.45) is 9.82. The predicted octanol–water partition coefficient (Wildman–Crippen LogP) is 5.48. The van der Waals surface area contributed by atoms with Gasteiger partial charge in [0.15, 0.2) is 5.78 Å². The van der Waals surface area contributed by atoms with Gasteiger partial charge in [-0.25, -0.2) is 4.79 Å². The molecule has 0 heterocycles. The minimum atomic E-state index is -0.981. The summed E-state index contributed by atoms with van der Waals surface area (Å²) < 4.78 is 0. The molecule has 0 bridgehead atoms. The molecule has 2 saturated carbocycles. The molecule has 2 aliphatic rings. The normalized spacial score (nSPS) is 19.0. The Morgan fingerprint density at radius 3 is 1.36 bits per heavy atom. The van der Waals surface area contributed by atoms with Crippen LogP contribution in [0, 0.1) is 0 Å². The third kappa shape index (κ3) is 5.79. The number of hydrogen-bond donors (Lipinski definition) is 3. The van der Waals surface area contributed by atoms with Crippen molar-refractivity contribution in [2.45, 2.75) is 75.4 Å². The molecule has 0 amide bonds. The van der Waals surface area contributed by atoms with E-state index >= 15 is 0 Å². The Morgan fingerprint density at radius 1 is 0.697 bits per heavy atom. The van der Waals surface area contributed by atoms with E-state index in [0.717, 1.165) is 55.7 Å². The Morgan fingerprint density at radius 2 is 1.03 bits per heavy atom. The van der Waals surface area contributed by atoms with Crippen LogP contribution in [0.1, 0.15) is 91.3 Å². The predicted molar refractivity (Wildman–Crippen MR) is 128 cm³/mol. The summed E-state index contributed by atoms with van der Waals surface area (Å²) in [6, 6.07) is 15.0. The topological polar surface area (TPSA) is 94.8 Å². The lowest BCUT2D eigenvalue weighted by atomic mass is 9.74. The van der Waals surface area contributed by atoms with Crippen LogP contribution < -0.4 is 0 Å². The summed E-state index contributed by atoms with van der Waals surface area (Å²) in [7, 11) is 0. The number of carboxylic acids is 1. The van der Waals surface area contributed by atoms with E-state index in [0.29, 0.717) is 36.8 Å². The van der Waals surface area contributed by atoms with Gasteiger partial charge in [-0.3, -0.25) is 4.79 Å². The third-order valence-corrected chi connectivity index (χ3v) is 6.88. The molecule has 0 saturated heterocycles. The number of carboxylic acid groups (broad SMARTS) is 1. The standard InChI is InChI=1S/C25H30O3.C3H4O2/c26-23(19-11-3-5-13-21(19)24(27)15-7-1-8-16-24)20-12-4-6-14-22(20)25(28)17-9-2-10-18-25;1-2-3(4)5/h3-6,11-14,27-28H,1-2,7-10,15-18H2;2H,1H2,(H,4,5). The highest BCUT2D eigenvalue weighted by Crippen LogP contribution is 2.41. The Kier molecular flexibility index (Phi) is 8.22. The number of benzene rings is 2. The summed E-state index contributed by atoms with van der Waals surface area (Å²) in [5, 5.41) is 30.2. The summed E-state index contributed by atoms with van der Waals surface area (Å²) in [6.45, 7) is 2.96. The average Bonchev–Trinajstić information content (AvgIpc) is 2.85. The van der Waals surface area contributed by atoms with Gasteiger partial charge in [0, 0.05) is 17.2 Å². The first-order valence-electron chi connectivity index (χ1n) is 11.8. The van der Waals surface area contributed by atoms with Crippen LogP contribution in [0.2, 0.25) is 0 Å². The van der Waals surface area contributed by atoms with Crippen molar-refractivity contribution in [3.63, 3.8) is 0 Å². The molecule has 0 aliphatic heterocycles. The molecule has 2 fully saturated rings. The molecule has 0 aromatic heterocycles. The number of carbonyl (C=O) groups excluding carboxylic acids is 1. The van der Waals surface area contributed by atoms with Crippen molar-refractivity contribution in [3.8, 4) is 0 Å². The van der Waals surface area contributed by atoms with E-state index in [1.54, 1.807) is 0 Å². The van der Waals surface area contributed by atoms with E-state index in [2.05, 4.69) is 6.58 Å². The molecule has 5 heteroatoms. The van der Waals surface area contributed by atoms with Crippen molar-refractivity contribution in [1.82, 2.24) is 0 Å². The maximum Gasteiger partial charge on any atom is 0.327 e. The molecule has 0 radical (unpaired) electrons. The summed E-state index contributed by atoms with van der Waals surface area (Å²) in [5.74, 6) is -1.07. The van der Waals surface area contributed by atoms with Crippen molar-refractivity contribution >= 4 is 11.8 Å². The van der Waals surface area contributed by atoms with Gasteiger partial charge in [-0.05, 0) is 36.8 Å². The van der Waals surface area contributed by atoms with Crippen molar-refractivity contribution in [2.75, 3.05) is 0 Å². The highest BCUT2D eigenvalue weighted by molar-refractivity contribution is 6.11. The van der Waals surface area contributed by atoms with Crippen LogP contribution >= 0.6 is 0 Å². The highest BCUT2D eigenvalue weighted by Gasteiger charge is 2.37. The molecular weight excluding hydrogens is 416 g/mol. The Bertz CT molecular complexity index is 912. The zero-order valence-electron chi connectivity index (χ0n) is 19.1. The SMILES string of the molecule is C=CC(=O)O.O=C(c1ccccc1C1(O)CCCCC1)c1ccccc1C1(O)CCCCC1. The molecule has 3 N–H and O–H groups in total. The molecule has 2 aromatic carbocycles. The molecule has 5 nitrogen and oxygen atoms in total. The van der Waals surface area contributed by atoms with Crippen LogP contribution in [-0.2, 0) is 16.0 Å². The van der Waals surface area contributed by atoms with E-state index < -0.39 is 17.2 Å². The minimum Gasteiger partial charge on any atom is -0.478 e. The Balaban J connectivity index is 0.000000555. The first-order chi connectivity index (χ1) is 15.8. The van der Waals surface area contributed by atoms with Gasteiger partial charge in [-0.2, -0.15) is 0 Å². The lowest BCUT2D eigenvalue weighted by molar-refractivity contribution is -0.131. The van der Waals surface area contributed by atoms with Crippen molar-refractivity contribution in [2.24, 2.45) is 0 Å². The summed E-state index contributed by atoms with van der Waals surface area (Å²) >= 11 is 0. The zero-order chi connectivity index (χ0) is 23.9. The molecule has 0 atom stereocenters. The second kappa shape index (κ2) is 10.9. The maximum atomic E-state index is 13.6. The van der Waals surface area contributed by atoms with Crippen molar-refractivity contribution in [3.05, 3.63) is 83.4 Å². The van der Waals surface area contributed by atoms with E-state index in [1.807, 2.05) is 48.5 Å². The van der Waals surface area contributed by atoms with Crippen LogP contribution in [0.5, 0.6) is 0 Å². The smallest absolute Gasteiger partial charge is 0.327 e. The lowest BCUT2D eigenvalue weighted by Gasteiger charge is -2.35. The number of ketones is 1. The molecule has 4 rings (SSSR count). The number of carbonyl (C=O) groups is 2. The molecule has 2 aromatic rings. The molecule has 2 aliphatic carbocycles. The number of aliphatic carboxylic acids is 1. The van der Waals surface area contributed by atoms with Gasteiger partial charge in [0.25, 0.3) is 0 Å². The fourth-order valence-electron chi connectivity index (χ4n) is 5.13. The van der Waals surface area contributed by atoms with Gasteiger partial charge < -0.3 is 15.3 Å². The highest BCUT2D eigenvalue weighted by atomic mass is 16.4.